The Hall–Kier alpha value is -2.29. The molecule has 0 aliphatic carbocycles. The van der Waals surface area contributed by atoms with Crippen LogP contribution in [0.15, 0.2) is 52.2 Å². The van der Waals surface area contributed by atoms with Crippen LogP contribution in [0.1, 0.15) is 11.3 Å². The van der Waals surface area contributed by atoms with E-state index in [1.807, 2.05) is 0 Å². The van der Waals surface area contributed by atoms with Crippen molar-refractivity contribution in [1.29, 1.82) is 0 Å². The Morgan fingerprint density at radius 1 is 1.12 bits per heavy atom. The van der Waals surface area contributed by atoms with Gasteiger partial charge in [0.1, 0.15) is 5.82 Å². The molecular formula is C15H13ClFN3O3S. The molecule has 0 atom stereocenters. The molecule has 2 aromatic carbocycles. The van der Waals surface area contributed by atoms with Gasteiger partial charge in [0.2, 0.25) is 10.0 Å². The zero-order valence-corrected chi connectivity index (χ0v) is 13.8. The number of halogens is 2. The molecule has 24 heavy (non-hydrogen) atoms. The monoisotopic (exact) mass is 369 g/mol. The molecular weight excluding hydrogens is 357 g/mol. The number of fused-ring (bicyclic) bond motifs is 1. The van der Waals surface area contributed by atoms with Gasteiger partial charge in [-0.3, -0.25) is 4.79 Å². The summed E-state index contributed by atoms with van der Waals surface area (Å²) in [7, 11) is -3.96. The summed E-state index contributed by atoms with van der Waals surface area (Å²) in [5.41, 5.74) is 0.416. The lowest BCUT2D eigenvalue weighted by molar-refractivity contribution is 0.589. The maximum atomic E-state index is 14.1. The summed E-state index contributed by atoms with van der Waals surface area (Å²) in [6.45, 7) is 0. The van der Waals surface area contributed by atoms with Crippen LogP contribution in [-0.2, 0) is 16.4 Å². The van der Waals surface area contributed by atoms with E-state index in [-0.39, 0.29) is 34.8 Å². The van der Waals surface area contributed by atoms with Crippen molar-refractivity contribution in [2.45, 2.75) is 11.3 Å². The van der Waals surface area contributed by atoms with Crippen LogP contribution in [-0.4, -0.2) is 18.6 Å². The highest BCUT2D eigenvalue weighted by molar-refractivity contribution is 7.89. The van der Waals surface area contributed by atoms with Crippen LogP contribution >= 0.6 is 12.4 Å². The van der Waals surface area contributed by atoms with E-state index >= 15 is 0 Å². The Bertz CT molecular complexity index is 1070. The molecule has 0 unspecified atom stereocenters. The normalized spacial score (nSPS) is 11.2. The van der Waals surface area contributed by atoms with Gasteiger partial charge in [0.05, 0.1) is 16.0 Å². The van der Waals surface area contributed by atoms with Crippen LogP contribution in [0.25, 0.3) is 10.8 Å². The van der Waals surface area contributed by atoms with Gasteiger partial charge >= 0.3 is 0 Å². The van der Waals surface area contributed by atoms with Gasteiger partial charge < -0.3 is 0 Å². The Labute approximate surface area is 143 Å². The van der Waals surface area contributed by atoms with Crippen LogP contribution in [0.5, 0.6) is 0 Å². The summed E-state index contributed by atoms with van der Waals surface area (Å²) >= 11 is 0. The second-order valence-electron chi connectivity index (χ2n) is 5.02. The van der Waals surface area contributed by atoms with Crippen molar-refractivity contribution >= 4 is 33.2 Å². The number of nitrogens with two attached hydrogens (primary N) is 1. The Balaban J connectivity index is 0.00000208. The number of aromatic amines is 1. The van der Waals surface area contributed by atoms with Gasteiger partial charge in [-0.25, -0.2) is 23.0 Å². The summed E-state index contributed by atoms with van der Waals surface area (Å²) in [5.74, 6) is -0.700. The molecule has 0 radical (unpaired) electrons. The van der Waals surface area contributed by atoms with Crippen molar-refractivity contribution in [3.8, 4) is 0 Å². The number of benzene rings is 2. The maximum absolute atomic E-state index is 14.1. The number of H-pyrrole nitrogens is 1. The van der Waals surface area contributed by atoms with Gasteiger partial charge in [-0.2, -0.15) is 5.10 Å². The first kappa shape index (κ1) is 18.1. The van der Waals surface area contributed by atoms with Gasteiger partial charge in [0.15, 0.2) is 0 Å². The molecule has 1 aromatic heterocycles. The minimum Gasteiger partial charge on any atom is -0.267 e. The van der Waals surface area contributed by atoms with E-state index in [1.165, 1.54) is 12.1 Å². The van der Waals surface area contributed by atoms with Gasteiger partial charge in [-0.1, -0.05) is 24.3 Å². The summed E-state index contributed by atoms with van der Waals surface area (Å²) in [4.78, 5) is 11.4. The predicted molar refractivity (Wildman–Crippen MR) is 90.2 cm³/mol. The van der Waals surface area contributed by atoms with E-state index in [0.717, 1.165) is 6.07 Å². The number of aromatic nitrogens is 2. The molecule has 0 fully saturated rings. The second kappa shape index (κ2) is 6.68. The number of rotatable bonds is 3. The summed E-state index contributed by atoms with van der Waals surface area (Å²) in [5, 5.41) is 12.4. The molecule has 1 heterocycles. The topological polar surface area (TPSA) is 106 Å². The highest BCUT2D eigenvalue weighted by atomic mass is 35.5. The number of primary sulfonamides is 1. The molecule has 0 saturated heterocycles. The van der Waals surface area contributed by atoms with Gasteiger partial charge in [0.25, 0.3) is 5.56 Å². The summed E-state index contributed by atoms with van der Waals surface area (Å²) in [6.07, 6.45) is 0.105. The third kappa shape index (κ3) is 3.45. The zero-order valence-electron chi connectivity index (χ0n) is 12.2. The van der Waals surface area contributed by atoms with E-state index < -0.39 is 15.8 Å². The molecule has 0 aliphatic rings. The molecule has 6 nitrogen and oxygen atoms in total. The van der Waals surface area contributed by atoms with Crippen molar-refractivity contribution in [3.63, 3.8) is 0 Å². The van der Waals surface area contributed by atoms with Crippen LogP contribution in [0.3, 0.4) is 0 Å². The highest BCUT2D eigenvalue weighted by Gasteiger charge is 2.14. The largest absolute Gasteiger partial charge is 0.272 e. The average Bonchev–Trinajstić information content (AvgIpc) is 2.51. The molecule has 3 N–H and O–H groups in total. The highest BCUT2D eigenvalue weighted by Crippen LogP contribution is 2.20. The second-order valence-corrected chi connectivity index (χ2v) is 6.58. The minimum absolute atomic E-state index is 0. The van der Waals surface area contributed by atoms with E-state index in [1.54, 1.807) is 24.3 Å². The standard InChI is InChI=1S/C15H12FN3O3S.ClH/c16-13-8-10(23(17,21)22)6-5-9(13)7-14-11-3-1-2-4-12(11)15(20)19-18-14;/h1-6,8H,7H2,(H,19,20)(H2,17,21,22);1H. The van der Waals surface area contributed by atoms with Crippen LogP contribution in [0.2, 0.25) is 0 Å². The minimum atomic E-state index is -3.96. The summed E-state index contributed by atoms with van der Waals surface area (Å²) in [6, 6.07) is 10.3. The van der Waals surface area contributed by atoms with Gasteiger partial charge in [-0.15, -0.1) is 12.4 Å². The van der Waals surface area contributed by atoms with Crippen LogP contribution in [0.4, 0.5) is 4.39 Å². The molecule has 0 bridgehead atoms. The van der Waals surface area contributed by atoms with Crippen molar-refractivity contribution in [3.05, 3.63) is 69.9 Å². The lowest BCUT2D eigenvalue weighted by Crippen LogP contribution is -2.13. The Morgan fingerprint density at radius 3 is 2.42 bits per heavy atom. The lowest BCUT2D eigenvalue weighted by Gasteiger charge is -2.07. The molecule has 3 aromatic rings. The molecule has 0 saturated carbocycles. The van der Waals surface area contributed by atoms with Crippen molar-refractivity contribution in [2.24, 2.45) is 5.14 Å². The molecule has 126 valence electrons. The molecule has 9 heteroatoms. The first-order valence-corrected chi connectivity index (χ1v) is 8.18. The van der Waals surface area contributed by atoms with Crippen LogP contribution in [0, 0.1) is 5.82 Å². The number of hydrogen-bond acceptors (Lipinski definition) is 4. The van der Waals surface area contributed by atoms with Crippen molar-refractivity contribution < 1.29 is 12.8 Å². The van der Waals surface area contributed by atoms with Gasteiger partial charge in [-0.05, 0) is 23.8 Å². The van der Waals surface area contributed by atoms with E-state index in [0.29, 0.717) is 16.5 Å². The fraction of sp³-hybridized carbons (Fsp3) is 0.0667. The van der Waals surface area contributed by atoms with Crippen molar-refractivity contribution in [2.75, 3.05) is 0 Å². The number of sulfonamides is 1. The Kier molecular flexibility index (Phi) is 5.02. The molecule has 0 spiro atoms. The van der Waals surface area contributed by atoms with E-state index in [9.17, 15) is 17.6 Å². The maximum Gasteiger partial charge on any atom is 0.272 e. The predicted octanol–water partition coefficient (Wildman–Crippen LogP) is 1.72. The van der Waals surface area contributed by atoms with Crippen molar-refractivity contribution in [1.82, 2.24) is 10.2 Å². The average molecular weight is 370 g/mol. The molecule has 0 amide bonds. The first-order valence-electron chi connectivity index (χ1n) is 6.64. The Morgan fingerprint density at radius 2 is 1.79 bits per heavy atom. The number of nitrogens with zero attached hydrogens (tertiary/aromatic N) is 1. The fourth-order valence-electron chi connectivity index (χ4n) is 2.33. The van der Waals surface area contributed by atoms with E-state index in [2.05, 4.69) is 10.2 Å². The van der Waals surface area contributed by atoms with Crippen LogP contribution < -0.4 is 10.7 Å². The number of nitrogens with one attached hydrogen (secondary N) is 1. The quantitative estimate of drug-likeness (QED) is 0.733. The zero-order chi connectivity index (χ0) is 16.6. The first-order chi connectivity index (χ1) is 10.9. The summed E-state index contributed by atoms with van der Waals surface area (Å²) < 4.78 is 36.6. The lowest BCUT2D eigenvalue weighted by atomic mass is 10.0. The third-order valence-corrected chi connectivity index (χ3v) is 4.40. The molecule has 0 aliphatic heterocycles. The molecule has 3 rings (SSSR count). The number of hydrogen-bond donors (Lipinski definition) is 2. The smallest absolute Gasteiger partial charge is 0.267 e. The SMILES string of the molecule is Cl.NS(=O)(=O)c1ccc(Cc2n[nH]c(=O)c3ccccc23)c(F)c1. The third-order valence-electron chi connectivity index (χ3n) is 3.49. The van der Waals surface area contributed by atoms with Gasteiger partial charge in [0, 0.05) is 11.8 Å². The van der Waals surface area contributed by atoms with E-state index in [4.69, 9.17) is 5.14 Å². The fourth-order valence-corrected chi connectivity index (χ4v) is 2.86.